The summed E-state index contributed by atoms with van der Waals surface area (Å²) in [4.78, 5) is 11.7. The Balaban J connectivity index is 1.89. The summed E-state index contributed by atoms with van der Waals surface area (Å²) in [6.07, 6.45) is 6.01. The summed E-state index contributed by atoms with van der Waals surface area (Å²) in [5.74, 6) is -0.875. The number of rotatable bonds is 4. The van der Waals surface area contributed by atoms with E-state index in [-0.39, 0.29) is 16.1 Å². The maximum atomic E-state index is 13.5. The SMILES string of the molecule is O=C(CCC1CCCC1)Nc1cc(F)c(Br)cc1F. The Bertz CT molecular complexity index is 473. The van der Waals surface area contributed by atoms with E-state index in [9.17, 15) is 13.6 Å². The second-order valence-corrected chi connectivity index (χ2v) is 5.84. The first-order chi connectivity index (χ1) is 9.06. The van der Waals surface area contributed by atoms with Gasteiger partial charge in [-0.1, -0.05) is 25.7 Å². The molecule has 0 unspecified atom stereocenters. The van der Waals surface area contributed by atoms with E-state index in [1.54, 1.807) is 0 Å². The number of carbonyl (C=O) groups excluding carboxylic acids is 1. The molecule has 104 valence electrons. The summed E-state index contributed by atoms with van der Waals surface area (Å²) in [6.45, 7) is 0. The van der Waals surface area contributed by atoms with Crippen molar-refractivity contribution in [3.8, 4) is 0 Å². The first-order valence-corrected chi connectivity index (χ1v) is 7.30. The van der Waals surface area contributed by atoms with E-state index in [1.807, 2.05) is 0 Å². The van der Waals surface area contributed by atoms with Gasteiger partial charge in [-0.3, -0.25) is 4.79 Å². The molecule has 2 rings (SSSR count). The molecule has 0 radical (unpaired) electrons. The Morgan fingerprint density at radius 1 is 1.26 bits per heavy atom. The minimum absolute atomic E-state index is 0.0500. The largest absolute Gasteiger partial charge is 0.324 e. The molecule has 19 heavy (non-hydrogen) atoms. The fraction of sp³-hybridized carbons (Fsp3) is 0.500. The molecule has 0 bridgehead atoms. The monoisotopic (exact) mass is 331 g/mol. The second-order valence-electron chi connectivity index (χ2n) is 4.98. The fourth-order valence-electron chi connectivity index (χ4n) is 2.47. The van der Waals surface area contributed by atoms with E-state index >= 15 is 0 Å². The Morgan fingerprint density at radius 3 is 2.63 bits per heavy atom. The highest BCUT2D eigenvalue weighted by Gasteiger charge is 2.17. The van der Waals surface area contributed by atoms with Crippen LogP contribution >= 0.6 is 15.9 Å². The summed E-state index contributed by atoms with van der Waals surface area (Å²) >= 11 is 2.89. The van der Waals surface area contributed by atoms with Crippen molar-refractivity contribution >= 4 is 27.5 Å². The van der Waals surface area contributed by atoms with Crippen molar-refractivity contribution in [2.75, 3.05) is 5.32 Å². The molecule has 0 heterocycles. The lowest BCUT2D eigenvalue weighted by Gasteiger charge is -2.10. The summed E-state index contributed by atoms with van der Waals surface area (Å²) in [7, 11) is 0. The highest BCUT2D eigenvalue weighted by atomic mass is 79.9. The average molecular weight is 332 g/mol. The quantitative estimate of drug-likeness (QED) is 0.800. The van der Waals surface area contributed by atoms with Crippen LogP contribution in [-0.4, -0.2) is 5.91 Å². The highest BCUT2D eigenvalue weighted by Crippen LogP contribution is 2.29. The molecule has 1 aromatic rings. The summed E-state index contributed by atoms with van der Waals surface area (Å²) < 4.78 is 26.8. The Kier molecular flexibility index (Phi) is 4.91. The molecule has 1 N–H and O–H groups in total. The van der Waals surface area contributed by atoms with Crippen molar-refractivity contribution in [3.63, 3.8) is 0 Å². The second kappa shape index (κ2) is 6.46. The van der Waals surface area contributed by atoms with Crippen LogP contribution in [0.4, 0.5) is 14.5 Å². The summed E-state index contributed by atoms with van der Waals surface area (Å²) in [6, 6.07) is 2.01. The van der Waals surface area contributed by atoms with Gasteiger partial charge in [0.25, 0.3) is 0 Å². The van der Waals surface area contributed by atoms with Gasteiger partial charge in [-0.05, 0) is 34.3 Å². The molecule has 1 amide bonds. The number of anilines is 1. The van der Waals surface area contributed by atoms with E-state index < -0.39 is 11.6 Å². The van der Waals surface area contributed by atoms with E-state index in [2.05, 4.69) is 21.2 Å². The van der Waals surface area contributed by atoms with Crippen molar-refractivity contribution < 1.29 is 13.6 Å². The van der Waals surface area contributed by atoms with Crippen LogP contribution in [0.2, 0.25) is 0 Å². The van der Waals surface area contributed by atoms with Crippen molar-refractivity contribution in [1.29, 1.82) is 0 Å². The van der Waals surface area contributed by atoms with E-state index in [0.717, 1.165) is 18.6 Å². The molecule has 0 aliphatic heterocycles. The maximum Gasteiger partial charge on any atom is 0.224 e. The van der Waals surface area contributed by atoms with Gasteiger partial charge < -0.3 is 5.32 Å². The molecular formula is C14H16BrF2NO. The maximum absolute atomic E-state index is 13.5. The average Bonchev–Trinajstić information content (AvgIpc) is 2.86. The Labute approximate surface area is 119 Å². The van der Waals surface area contributed by atoms with Crippen LogP contribution in [0.5, 0.6) is 0 Å². The van der Waals surface area contributed by atoms with Crippen molar-refractivity contribution in [1.82, 2.24) is 0 Å². The molecule has 0 aromatic heterocycles. The van der Waals surface area contributed by atoms with Crippen LogP contribution in [0.15, 0.2) is 16.6 Å². The first kappa shape index (κ1) is 14.4. The molecule has 1 aliphatic rings. The summed E-state index contributed by atoms with van der Waals surface area (Å²) in [5, 5.41) is 2.43. The predicted octanol–water partition coefficient (Wildman–Crippen LogP) is 4.64. The molecule has 2 nitrogen and oxygen atoms in total. The Morgan fingerprint density at radius 2 is 1.95 bits per heavy atom. The van der Waals surface area contributed by atoms with Crippen LogP contribution in [0, 0.1) is 17.6 Å². The number of amides is 1. The summed E-state index contributed by atoms with van der Waals surface area (Å²) in [5.41, 5.74) is -0.0999. The van der Waals surface area contributed by atoms with E-state index in [1.165, 1.54) is 25.7 Å². The fourth-order valence-corrected chi connectivity index (χ4v) is 2.78. The molecule has 0 saturated heterocycles. The molecular weight excluding hydrogens is 316 g/mol. The van der Waals surface area contributed by atoms with Gasteiger partial charge in [0.1, 0.15) is 11.6 Å². The third kappa shape index (κ3) is 4.00. The zero-order valence-electron chi connectivity index (χ0n) is 10.5. The molecule has 0 spiro atoms. The van der Waals surface area contributed by atoms with Crippen LogP contribution < -0.4 is 5.32 Å². The van der Waals surface area contributed by atoms with Gasteiger partial charge in [-0.25, -0.2) is 8.78 Å². The van der Waals surface area contributed by atoms with Gasteiger partial charge >= 0.3 is 0 Å². The van der Waals surface area contributed by atoms with Gasteiger partial charge in [0, 0.05) is 12.5 Å². The molecule has 1 aromatic carbocycles. The number of benzene rings is 1. The van der Waals surface area contributed by atoms with Crippen molar-refractivity contribution in [2.45, 2.75) is 38.5 Å². The molecule has 0 atom stereocenters. The van der Waals surface area contributed by atoms with Crippen LogP contribution in [0.25, 0.3) is 0 Å². The third-order valence-electron chi connectivity index (χ3n) is 3.54. The third-order valence-corrected chi connectivity index (χ3v) is 4.15. The van der Waals surface area contributed by atoms with Crippen molar-refractivity contribution in [3.05, 3.63) is 28.2 Å². The number of hydrogen-bond donors (Lipinski definition) is 1. The molecule has 1 saturated carbocycles. The van der Waals surface area contributed by atoms with E-state index in [4.69, 9.17) is 0 Å². The minimum atomic E-state index is -0.637. The van der Waals surface area contributed by atoms with Gasteiger partial charge in [-0.2, -0.15) is 0 Å². The van der Waals surface area contributed by atoms with Crippen LogP contribution in [0.1, 0.15) is 38.5 Å². The number of carbonyl (C=O) groups is 1. The van der Waals surface area contributed by atoms with E-state index in [0.29, 0.717) is 12.3 Å². The lowest BCUT2D eigenvalue weighted by Crippen LogP contribution is -2.14. The minimum Gasteiger partial charge on any atom is -0.324 e. The molecule has 5 heteroatoms. The van der Waals surface area contributed by atoms with Gasteiger partial charge in [0.05, 0.1) is 10.2 Å². The smallest absolute Gasteiger partial charge is 0.224 e. The van der Waals surface area contributed by atoms with Crippen LogP contribution in [-0.2, 0) is 4.79 Å². The number of halogens is 3. The zero-order chi connectivity index (χ0) is 13.8. The number of hydrogen-bond acceptors (Lipinski definition) is 1. The van der Waals surface area contributed by atoms with Gasteiger partial charge in [-0.15, -0.1) is 0 Å². The standard InChI is InChI=1S/C14H16BrF2NO/c15-10-7-12(17)13(8-11(10)16)18-14(19)6-5-9-3-1-2-4-9/h7-9H,1-6H2,(H,18,19). The lowest BCUT2D eigenvalue weighted by molar-refractivity contribution is -0.116. The molecule has 1 fully saturated rings. The zero-order valence-corrected chi connectivity index (χ0v) is 12.1. The van der Waals surface area contributed by atoms with Gasteiger partial charge in [0.15, 0.2) is 0 Å². The topological polar surface area (TPSA) is 29.1 Å². The predicted molar refractivity (Wildman–Crippen MR) is 73.9 cm³/mol. The highest BCUT2D eigenvalue weighted by molar-refractivity contribution is 9.10. The van der Waals surface area contributed by atoms with Crippen molar-refractivity contribution in [2.24, 2.45) is 5.92 Å². The number of nitrogens with one attached hydrogen (secondary N) is 1. The Hall–Kier alpha value is -0.970. The van der Waals surface area contributed by atoms with Crippen LogP contribution in [0.3, 0.4) is 0 Å². The lowest BCUT2D eigenvalue weighted by atomic mass is 10.0. The normalized spacial score (nSPS) is 15.7. The molecule has 1 aliphatic carbocycles. The first-order valence-electron chi connectivity index (χ1n) is 6.50. The van der Waals surface area contributed by atoms with Gasteiger partial charge in [0.2, 0.25) is 5.91 Å².